The largest absolute Gasteiger partial charge is 0.370 e. The molecule has 2 amide bonds. The van der Waals surface area contributed by atoms with Crippen LogP contribution in [0.2, 0.25) is 0 Å². The van der Waals surface area contributed by atoms with Crippen LogP contribution >= 0.6 is 0 Å². The molecule has 0 fully saturated rings. The lowest BCUT2D eigenvalue weighted by Crippen LogP contribution is -2.37. The first-order valence-electron chi connectivity index (χ1n) is 7.26. The number of carbonyl (C=O) groups is 1. The number of nitrogens with zero attached hydrogens (tertiary/aromatic N) is 3. The molecule has 132 valence electrons. The van der Waals surface area contributed by atoms with Crippen LogP contribution in [0.25, 0.3) is 11.1 Å². The zero-order chi connectivity index (χ0) is 17.3. The van der Waals surface area contributed by atoms with E-state index in [1.165, 1.54) is 29.3 Å². The van der Waals surface area contributed by atoms with E-state index in [0.717, 1.165) is 6.20 Å². The van der Waals surface area contributed by atoms with Crippen LogP contribution in [0.1, 0.15) is 18.6 Å². The third kappa shape index (κ3) is 3.57. The molecule has 0 unspecified atom stereocenters. The van der Waals surface area contributed by atoms with E-state index in [-0.39, 0.29) is 32.3 Å². The van der Waals surface area contributed by atoms with Gasteiger partial charge in [-0.2, -0.15) is 4.99 Å². The van der Waals surface area contributed by atoms with E-state index in [4.69, 9.17) is 11.5 Å². The lowest BCUT2D eigenvalue weighted by molar-refractivity contribution is 0.202. The number of rotatable bonds is 1. The third-order valence-corrected chi connectivity index (χ3v) is 3.91. The van der Waals surface area contributed by atoms with Crippen molar-refractivity contribution in [1.82, 2.24) is 9.88 Å². The standard InChI is InChI=1S/C16H15F2N5O.CH4/c17-13-2-1-9(10-3-5-21-7-14(10)18)12-8-23(6-4-11(12)13)16(24)22-15(19)20;/h1-3,5,7H,4,6,8H2,(H4,19,20,22,24);1H4. The second-order valence-corrected chi connectivity index (χ2v) is 5.40. The zero-order valence-electron chi connectivity index (χ0n) is 12.7. The maximum Gasteiger partial charge on any atom is 0.347 e. The number of hydrogen-bond acceptors (Lipinski definition) is 2. The van der Waals surface area contributed by atoms with Gasteiger partial charge in [0.15, 0.2) is 5.96 Å². The van der Waals surface area contributed by atoms with E-state index in [0.29, 0.717) is 28.7 Å². The molecule has 6 nitrogen and oxygen atoms in total. The summed E-state index contributed by atoms with van der Waals surface area (Å²) >= 11 is 0. The summed E-state index contributed by atoms with van der Waals surface area (Å²) in [6.45, 7) is 0.377. The first kappa shape index (κ1) is 18.3. The molecule has 1 aromatic carbocycles. The van der Waals surface area contributed by atoms with Crippen molar-refractivity contribution >= 4 is 12.0 Å². The van der Waals surface area contributed by atoms with E-state index in [1.807, 2.05) is 0 Å². The first-order chi connectivity index (χ1) is 11.5. The Hall–Kier alpha value is -3.03. The molecule has 2 heterocycles. The molecule has 0 aliphatic carbocycles. The molecule has 8 heteroatoms. The van der Waals surface area contributed by atoms with Crippen LogP contribution in [0, 0.1) is 11.6 Å². The summed E-state index contributed by atoms with van der Waals surface area (Å²) in [7, 11) is 0. The molecule has 4 N–H and O–H groups in total. The molecule has 0 radical (unpaired) electrons. The monoisotopic (exact) mass is 347 g/mol. The molecular formula is C17H19F2N5O. The van der Waals surface area contributed by atoms with Crippen molar-refractivity contribution < 1.29 is 13.6 Å². The smallest absolute Gasteiger partial charge is 0.347 e. The summed E-state index contributed by atoms with van der Waals surface area (Å²) in [6, 6.07) is 3.72. The Kier molecular flexibility index (Phi) is 5.31. The Morgan fingerprint density at radius 1 is 1.12 bits per heavy atom. The van der Waals surface area contributed by atoms with Crippen LogP contribution in [0.5, 0.6) is 0 Å². The number of guanidine groups is 1. The predicted molar refractivity (Wildman–Crippen MR) is 91.6 cm³/mol. The van der Waals surface area contributed by atoms with Gasteiger partial charge < -0.3 is 16.4 Å². The van der Waals surface area contributed by atoms with E-state index in [1.54, 1.807) is 0 Å². The van der Waals surface area contributed by atoms with Gasteiger partial charge >= 0.3 is 6.03 Å². The lowest BCUT2D eigenvalue weighted by atomic mass is 9.91. The molecule has 3 rings (SSSR count). The fraction of sp³-hybridized carbons (Fsp3) is 0.235. The minimum absolute atomic E-state index is 0. The molecule has 25 heavy (non-hydrogen) atoms. The van der Waals surface area contributed by atoms with E-state index in [2.05, 4.69) is 9.98 Å². The van der Waals surface area contributed by atoms with Crippen LogP contribution in [-0.4, -0.2) is 28.4 Å². The van der Waals surface area contributed by atoms with Crippen LogP contribution in [0.3, 0.4) is 0 Å². The second kappa shape index (κ2) is 7.25. The highest BCUT2D eigenvalue weighted by Gasteiger charge is 2.26. The van der Waals surface area contributed by atoms with Gasteiger partial charge in [0.1, 0.15) is 11.6 Å². The van der Waals surface area contributed by atoms with Gasteiger partial charge in [-0.1, -0.05) is 13.5 Å². The Balaban J connectivity index is 0.00000225. The second-order valence-electron chi connectivity index (χ2n) is 5.40. The molecule has 0 spiro atoms. The lowest BCUT2D eigenvalue weighted by Gasteiger charge is -2.29. The Morgan fingerprint density at radius 3 is 2.56 bits per heavy atom. The number of fused-ring (bicyclic) bond motifs is 1. The summed E-state index contributed by atoms with van der Waals surface area (Å²) in [4.78, 5) is 20.6. The van der Waals surface area contributed by atoms with Crippen molar-refractivity contribution in [2.45, 2.75) is 20.4 Å². The van der Waals surface area contributed by atoms with Crippen molar-refractivity contribution in [3.63, 3.8) is 0 Å². The summed E-state index contributed by atoms with van der Waals surface area (Å²) in [6.07, 6.45) is 2.85. The SMILES string of the molecule is C.NC(N)=NC(=O)N1CCc2c(F)ccc(-c3ccncc3F)c2C1. The van der Waals surface area contributed by atoms with E-state index < -0.39 is 11.8 Å². The summed E-state index contributed by atoms with van der Waals surface area (Å²) in [5.41, 5.74) is 12.3. The number of benzene rings is 1. The maximum atomic E-state index is 14.1. The molecule has 1 aromatic heterocycles. The van der Waals surface area contributed by atoms with Crippen molar-refractivity contribution in [3.05, 3.63) is 53.4 Å². The van der Waals surface area contributed by atoms with E-state index >= 15 is 0 Å². The number of carbonyl (C=O) groups excluding carboxylic acids is 1. The number of nitrogens with two attached hydrogens (primary N) is 2. The maximum absolute atomic E-state index is 14.1. The number of aromatic nitrogens is 1. The number of urea groups is 1. The molecule has 1 aliphatic rings. The summed E-state index contributed by atoms with van der Waals surface area (Å²) in [5, 5.41) is 0. The Labute approximate surface area is 144 Å². The highest BCUT2D eigenvalue weighted by Crippen LogP contribution is 2.33. The highest BCUT2D eigenvalue weighted by molar-refractivity contribution is 5.90. The van der Waals surface area contributed by atoms with Crippen LogP contribution < -0.4 is 11.5 Å². The summed E-state index contributed by atoms with van der Waals surface area (Å²) < 4.78 is 28.2. The van der Waals surface area contributed by atoms with Crippen LogP contribution in [0.15, 0.2) is 35.6 Å². The topological polar surface area (TPSA) is 97.6 Å². The molecule has 1 aliphatic heterocycles. The van der Waals surface area contributed by atoms with Gasteiger partial charge in [0.05, 0.1) is 6.20 Å². The number of hydrogen-bond donors (Lipinski definition) is 2. The number of aliphatic imine (C=N–C) groups is 1. The first-order valence-corrected chi connectivity index (χ1v) is 7.26. The van der Waals surface area contributed by atoms with Gasteiger partial charge in [-0.05, 0) is 35.2 Å². The quantitative estimate of drug-likeness (QED) is 0.611. The minimum atomic E-state index is -0.605. The Morgan fingerprint density at radius 2 is 1.88 bits per heavy atom. The molecular weight excluding hydrogens is 328 g/mol. The minimum Gasteiger partial charge on any atom is -0.370 e. The van der Waals surface area contributed by atoms with Gasteiger partial charge in [-0.15, -0.1) is 0 Å². The fourth-order valence-corrected chi connectivity index (χ4v) is 2.82. The number of amides is 2. The van der Waals surface area contributed by atoms with Gasteiger partial charge in [-0.3, -0.25) is 4.98 Å². The fourth-order valence-electron chi connectivity index (χ4n) is 2.82. The van der Waals surface area contributed by atoms with Crippen molar-refractivity contribution in [3.8, 4) is 11.1 Å². The highest BCUT2D eigenvalue weighted by atomic mass is 19.1. The Bertz CT molecular complexity index is 834. The predicted octanol–water partition coefficient (Wildman–Crippen LogP) is 2.41. The molecule has 0 saturated carbocycles. The zero-order valence-corrected chi connectivity index (χ0v) is 12.7. The van der Waals surface area contributed by atoms with Crippen molar-refractivity contribution in [1.29, 1.82) is 0 Å². The van der Waals surface area contributed by atoms with E-state index in [9.17, 15) is 13.6 Å². The van der Waals surface area contributed by atoms with Gasteiger partial charge in [0, 0.05) is 24.8 Å². The van der Waals surface area contributed by atoms with Gasteiger partial charge in [-0.25, -0.2) is 13.6 Å². The van der Waals surface area contributed by atoms with Gasteiger partial charge in [0.25, 0.3) is 0 Å². The average molecular weight is 347 g/mol. The summed E-state index contributed by atoms with van der Waals surface area (Å²) in [5.74, 6) is -1.23. The van der Waals surface area contributed by atoms with Gasteiger partial charge in [0.2, 0.25) is 0 Å². The van der Waals surface area contributed by atoms with Crippen LogP contribution in [0.4, 0.5) is 13.6 Å². The van der Waals surface area contributed by atoms with Crippen molar-refractivity contribution in [2.75, 3.05) is 6.54 Å². The molecule has 0 atom stereocenters. The molecule has 0 saturated heterocycles. The normalized spacial score (nSPS) is 12.8. The number of pyridine rings is 1. The molecule has 2 aromatic rings. The van der Waals surface area contributed by atoms with Crippen molar-refractivity contribution in [2.24, 2.45) is 16.5 Å². The average Bonchev–Trinajstić information content (AvgIpc) is 2.55. The van der Waals surface area contributed by atoms with Crippen LogP contribution in [-0.2, 0) is 13.0 Å². The number of halogens is 2. The third-order valence-electron chi connectivity index (χ3n) is 3.91. The molecule has 0 bridgehead atoms.